The van der Waals surface area contributed by atoms with E-state index in [0.29, 0.717) is 0 Å². The minimum atomic E-state index is 0.840. The summed E-state index contributed by atoms with van der Waals surface area (Å²) in [6.07, 6.45) is 26.9. The maximum Gasteiger partial charge on any atom is -0.00772 e. The Labute approximate surface area is 134 Å². The third-order valence-corrected chi connectivity index (χ3v) is 4.22. The summed E-state index contributed by atoms with van der Waals surface area (Å²) in [5, 5.41) is 0. The third kappa shape index (κ3) is 19.7. The Balaban J connectivity index is 2.99. The lowest BCUT2D eigenvalue weighted by molar-refractivity contribution is 0.545. The maximum atomic E-state index is 5.47. The van der Waals surface area contributed by atoms with E-state index < -0.39 is 0 Å². The summed E-state index contributed by atoms with van der Waals surface area (Å²) in [6, 6.07) is 0. The molecule has 0 aromatic carbocycles. The van der Waals surface area contributed by atoms with Gasteiger partial charge in [-0.2, -0.15) is 0 Å². The van der Waals surface area contributed by atoms with Gasteiger partial charge in [0.1, 0.15) is 0 Å². The van der Waals surface area contributed by atoms with Gasteiger partial charge in [0, 0.05) is 0 Å². The standard InChI is InChI=1S/C20H41N/c1-2-3-4-5-6-7-8-9-10-11-12-13-14-15-16-17-18-19-20-21/h15-16H,2-14,17-21H2,1H3. The molecular formula is C20H41N. The molecule has 0 spiro atoms. The SMILES string of the molecule is CCCCCCCCCCCCCCC=CCCCCN. The minimum absolute atomic E-state index is 0.840. The fourth-order valence-electron chi connectivity index (χ4n) is 2.75. The van der Waals surface area contributed by atoms with Crippen LogP contribution in [0.15, 0.2) is 12.2 Å². The van der Waals surface area contributed by atoms with Crippen molar-refractivity contribution in [2.24, 2.45) is 5.73 Å². The summed E-state index contributed by atoms with van der Waals surface area (Å²) in [6.45, 7) is 3.13. The number of rotatable bonds is 17. The van der Waals surface area contributed by atoms with Crippen LogP contribution in [0, 0.1) is 0 Å². The summed E-state index contributed by atoms with van der Waals surface area (Å²) in [4.78, 5) is 0. The Hall–Kier alpha value is -0.300. The van der Waals surface area contributed by atoms with Crippen molar-refractivity contribution < 1.29 is 0 Å². The van der Waals surface area contributed by atoms with Crippen molar-refractivity contribution in [3.63, 3.8) is 0 Å². The second-order valence-electron chi connectivity index (χ2n) is 6.43. The molecule has 0 amide bonds. The van der Waals surface area contributed by atoms with Crippen LogP contribution in [-0.4, -0.2) is 6.54 Å². The highest BCUT2D eigenvalue weighted by atomic mass is 14.5. The second kappa shape index (κ2) is 19.7. The lowest BCUT2D eigenvalue weighted by Gasteiger charge is -2.02. The molecule has 0 aromatic heterocycles. The molecule has 0 rings (SSSR count). The van der Waals surface area contributed by atoms with E-state index in [2.05, 4.69) is 19.1 Å². The quantitative estimate of drug-likeness (QED) is 0.233. The molecule has 0 aliphatic rings. The number of allylic oxidation sites excluding steroid dienone is 2. The van der Waals surface area contributed by atoms with Gasteiger partial charge in [0.05, 0.1) is 0 Å². The van der Waals surface area contributed by atoms with Crippen molar-refractivity contribution in [2.75, 3.05) is 6.54 Å². The molecule has 0 saturated carbocycles. The van der Waals surface area contributed by atoms with Crippen molar-refractivity contribution in [3.05, 3.63) is 12.2 Å². The van der Waals surface area contributed by atoms with Crippen LogP contribution < -0.4 is 5.73 Å². The van der Waals surface area contributed by atoms with Crippen LogP contribution in [0.1, 0.15) is 110 Å². The fourth-order valence-corrected chi connectivity index (χ4v) is 2.75. The number of hydrogen-bond acceptors (Lipinski definition) is 1. The molecule has 21 heavy (non-hydrogen) atoms. The lowest BCUT2D eigenvalue weighted by Crippen LogP contribution is -1.96. The van der Waals surface area contributed by atoms with Gasteiger partial charge in [0.2, 0.25) is 0 Å². The molecule has 0 fully saturated rings. The predicted molar refractivity (Wildman–Crippen MR) is 97.7 cm³/mol. The van der Waals surface area contributed by atoms with E-state index >= 15 is 0 Å². The fraction of sp³-hybridized carbons (Fsp3) is 0.900. The molecule has 0 bridgehead atoms. The maximum absolute atomic E-state index is 5.47. The Morgan fingerprint density at radius 2 is 0.905 bits per heavy atom. The first-order chi connectivity index (χ1) is 10.4. The average Bonchev–Trinajstić information content (AvgIpc) is 2.50. The van der Waals surface area contributed by atoms with Gasteiger partial charge in [0.15, 0.2) is 0 Å². The highest BCUT2D eigenvalue weighted by molar-refractivity contribution is 4.81. The van der Waals surface area contributed by atoms with E-state index in [1.54, 1.807) is 0 Å². The molecule has 0 heterocycles. The summed E-state index contributed by atoms with van der Waals surface area (Å²) in [5.41, 5.74) is 5.47. The second-order valence-corrected chi connectivity index (χ2v) is 6.43. The van der Waals surface area contributed by atoms with Gasteiger partial charge in [-0.1, -0.05) is 89.7 Å². The van der Waals surface area contributed by atoms with Gasteiger partial charge in [-0.25, -0.2) is 0 Å². The van der Waals surface area contributed by atoms with Gasteiger partial charge >= 0.3 is 0 Å². The monoisotopic (exact) mass is 295 g/mol. The Morgan fingerprint density at radius 3 is 1.33 bits per heavy atom. The molecule has 0 aliphatic carbocycles. The first-order valence-corrected chi connectivity index (χ1v) is 9.77. The zero-order valence-electron chi connectivity index (χ0n) is 14.8. The predicted octanol–water partition coefficient (Wildman–Crippen LogP) is 6.76. The van der Waals surface area contributed by atoms with Crippen molar-refractivity contribution in [3.8, 4) is 0 Å². The largest absolute Gasteiger partial charge is 0.330 e. The highest BCUT2D eigenvalue weighted by Gasteiger charge is 1.92. The summed E-state index contributed by atoms with van der Waals surface area (Å²) in [7, 11) is 0. The van der Waals surface area contributed by atoms with Crippen LogP contribution in [0.3, 0.4) is 0 Å². The van der Waals surface area contributed by atoms with Gasteiger partial charge in [-0.3, -0.25) is 0 Å². The van der Waals surface area contributed by atoms with Gasteiger partial charge in [-0.15, -0.1) is 0 Å². The van der Waals surface area contributed by atoms with E-state index in [4.69, 9.17) is 5.73 Å². The Morgan fingerprint density at radius 1 is 0.524 bits per heavy atom. The van der Waals surface area contributed by atoms with Crippen LogP contribution in [0.4, 0.5) is 0 Å². The molecule has 1 nitrogen and oxygen atoms in total. The first kappa shape index (κ1) is 20.7. The van der Waals surface area contributed by atoms with Crippen molar-refractivity contribution in [2.45, 2.75) is 110 Å². The van der Waals surface area contributed by atoms with Gasteiger partial charge < -0.3 is 5.73 Å². The Kier molecular flexibility index (Phi) is 19.4. The normalized spacial score (nSPS) is 11.5. The molecule has 0 aliphatic heterocycles. The smallest absolute Gasteiger partial charge is 0.00772 e. The molecule has 1 heteroatoms. The van der Waals surface area contributed by atoms with Crippen molar-refractivity contribution in [1.82, 2.24) is 0 Å². The van der Waals surface area contributed by atoms with Crippen LogP contribution in [0.25, 0.3) is 0 Å². The van der Waals surface area contributed by atoms with Crippen molar-refractivity contribution in [1.29, 1.82) is 0 Å². The molecule has 2 N–H and O–H groups in total. The van der Waals surface area contributed by atoms with Crippen LogP contribution in [-0.2, 0) is 0 Å². The minimum Gasteiger partial charge on any atom is -0.330 e. The summed E-state index contributed by atoms with van der Waals surface area (Å²) < 4.78 is 0. The zero-order valence-corrected chi connectivity index (χ0v) is 14.8. The number of nitrogens with two attached hydrogens (primary N) is 1. The van der Waals surface area contributed by atoms with E-state index in [1.165, 1.54) is 103 Å². The van der Waals surface area contributed by atoms with Crippen LogP contribution in [0.5, 0.6) is 0 Å². The first-order valence-electron chi connectivity index (χ1n) is 9.77. The van der Waals surface area contributed by atoms with Gasteiger partial charge in [0.25, 0.3) is 0 Å². The van der Waals surface area contributed by atoms with E-state index in [0.717, 1.165) is 6.54 Å². The third-order valence-electron chi connectivity index (χ3n) is 4.22. The summed E-state index contributed by atoms with van der Waals surface area (Å²) >= 11 is 0. The summed E-state index contributed by atoms with van der Waals surface area (Å²) in [5.74, 6) is 0. The van der Waals surface area contributed by atoms with Gasteiger partial charge in [-0.05, 0) is 38.6 Å². The van der Waals surface area contributed by atoms with E-state index in [-0.39, 0.29) is 0 Å². The molecule has 0 aromatic rings. The Bertz CT molecular complexity index is 198. The van der Waals surface area contributed by atoms with Crippen LogP contribution >= 0.6 is 0 Å². The molecule has 0 unspecified atom stereocenters. The molecular weight excluding hydrogens is 254 g/mol. The number of hydrogen-bond donors (Lipinski definition) is 1. The lowest BCUT2D eigenvalue weighted by atomic mass is 10.0. The zero-order chi connectivity index (χ0) is 15.4. The molecule has 0 saturated heterocycles. The molecule has 126 valence electrons. The molecule has 0 radical (unpaired) electrons. The van der Waals surface area contributed by atoms with Crippen molar-refractivity contribution >= 4 is 0 Å². The topological polar surface area (TPSA) is 26.0 Å². The average molecular weight is 296 g/mol. The molecule has 0 atom stereocenters. The number of unbranched alkanes of at least 4 members (excludes halogenated alkanes) is 14. The van der Waals surface area contributed by atoms with Crippen LogP contribution in [0.2, 0.25) is 0 Å². The highest BCUT2D eigenvalue weighted by Crippen LogP contribution is 2.12. The van der Waals surface area contributed by atoms with E-state index in [1.807, 2.05) is 0 Å². The van der Waals surface area contributed by atoms with E-state index in [9.17, 15) is 0 Å².